The number of hydrogen-bond donors (Lipinski definition) is 2. The number of hydrogen-bond acceptors (Lipinski definition) is 2. The average molecular weight is 444 g/mol. The standard InChI is InChI=1S/C27H26O2P2/c28-27(29,31(25-17-9-3-10-18-25)26-19-11-4-12-20-26)21-22-30(23-13-5-1-6-14-23)24-15-7-2-8-16-24/h1-20,28-29H,21-22H2. The maximum atomic E-state index is 11.4. The van der Waals surface area contributed by atoms with Crippen LogP contribution in [0.5, 0.6) is 0 Å². The highest BCUT2D eigenvalue weighted by Crippen LogP contribution is 2.49. The van der Waals surface area contributed by atoms with Gasteiger partial charge in [-0.25, -0.2) is 0 Å². The zero-order valence-corrected chi connectivity index (χ0v) is 19.0. The molecule has 0 aliphatic rings. The lowest BCUT2D eigenvalue weighted by Crippen LogP contribution is -2.36. The predicted molar refractivity (Wildman–Crippen MR) is 135 cm³/mol. The van der Waals surface area contributed by atoms with Gasteiger partial charge in [-0.3, -0.25) is 0 Å². The van der Waals surface area contributed by atoms with E-state index in [1.807, 2.05) is 72.8 Å². The first-order valence-electron chi connectivity index (χ1n) is 10.4. The maximum Gasteiger partial charge on any atom is 0.190 e. The second-order valence-corrected chi connectivity index (χ2v) is 12.1. The summed E-state index contributed by atoms with van der Waals surface area (Å²) in [5.41, 5.74) is -1.80. The molecule has 0 saturated heterocycles. The summed E-state index contributed by atoms with van der Waals surface area (Å²) in [5, 5.41) is 27.3. The second-order valence-electron chi connectivity index (χ2n) is 7.35. The molecule has 4 heteroatoms. The van der Waals surface area contributed by atoms with Crippen molar-refractivity contribution in [1.29, 1.82) is 0 Å². The molecule has 0 radical (unpaired) electrons. The van der Waals surface area contributed by atoms with Crippen molar-refractivity contribution in [2.45, 2.75) is 11.9 Å². The largest absolute Gasteiger partial charge is 0.362 e. The topological polar surface area (TPSA) is 40.5 Å². The van der Waals surface area contributed by atoms with Gasteiger partial charge >= 0.3 is 0 Å². The number of rotatable bonds is 8. The van der Waals surface area contributed by atoms with Gasteiger partial charge in [0.05, 0.1) is 0 Å². The lowest BCUT2D eigenvalue weighted by molar-refractivity contribution is -0.0812. The molecular weight excluding hydrogens is 418 g/mol. The molecule has 0 aliphatic heterocycles. The fourth-order valence-electron chi connectivity index (χ4n) is 3.71. The van der Waals surface area contributed by atoms with Gasteiger partial charge in [0.2, 0.25) is 0 Å². The molecule has 4 aromatic rings. The molecule has 31 heavy (non-hydrogen) atoms. The fourth-order valence-corrected chi connectivity index (χ4v) is 8.70. The normalized spacial score (nSPS) is 11.7. The van der Waals surface area contributed by atoms with Gasteiger partial charge in [-0.05, 0) is 35.3 Å². The van der Waals surface area contributed by atoms with Gasteiger partial charge < -0.3 is 10.2 Å². The van der Waals surface area contributed by atoms with Crippen molar-refractivity contribution in [1.82, 2.24) is 0 Å². The highest BCUT2D eigenvalue weighted by Gasteiger charge is 2.37. The number of aliphatic hydroxyl groups is 2. The van der Waals surface area contributed by atoms with Crippen molar-refractivity contribution in [3.63, 3.8) is 0 Å². The van der Waals surface area contributed by atoms with Crippen LogP contribution in [0, 0.1) is 0 Å². The molecule has 4 rings (SSSR count). The van der Waals surface area contributed by atoms with E-state index in [4.69, 9.17) is 0 Å². The van der Waals surface area contributed by atoms with Crippen molar-refractivity contribution in [2.75, 3.05) is 6.16 Å². The molecule has 0 spiro atoms. The van der Waals surface area contributed by atoms with Crippen molar-refractivity contribution in [3.05, 3.63) is 121 Å². The van der Waals surface area contributed by atoms with E-state index in [1.165, 1.54) is 10.6 Å². The first-order valence-corrected chi connectivity index (χ1v) is 13.2. The molecular formula is C27H26O2P2. The monoisotopic (exact) mass is 444 g/mol. The molecule has 0 amide bonds. The minimum absolute atomic E-state index is 0.304. The zero-order chi connectivity index (χ0) is 21.5. The van der Waals surface area contributed by atoms with E-state index in [0.29, 0.717) is 12.6 Å². The van der Waals surface area contributed by atoms with Crippen LogP contribution in [0.4, 0.5) is 0 Å². The molecule has 0 bridgehead atoms. The fraction of sp³-hybridized carbons (Fsp3) is 0.111. The van der Waals surface area contributed by atoms with E-state index in [9.17, 15) is 10.2 Å². The highest BCUT2D eigenvalue weighted by molar-refractivity contribution is 7.74. The Bertz CT molecular complexity index is 976. The van der Waals surface area contributed by atoms with E-state index in [2.05, 4.69) is 48.5 Å². The first kappa shape index (κ1) is 21.9. The third-order valence-electron chi connectivity index (χ3n) is 5.19. The lowest BCUT2D eigenvalue weighted by atomic mass is 10.4. The van der Waals surface area contributed by atoms with Gasteiger partial charge in [-0.15, -0.1) is 0 Å². The number of benzene rings is 4. The van der Waals surface area contributed by atoms with E-state index < -0.39 is 21.4 Å². The summed E-state index contributed by atoms with van der Waals surface area (Å²) < 4.78 is 0. The predicted octanol–water partition coefficient (Wildman–Crippen LogP) is 4.28. The van der Waals surface area contributed by atoms with Crippen molar-refractivity contribution in [3.8, 4) is 0 Å². The van der Waals surface area contributed by atoms with E-state index in [0.717, 1.165) is 10.6 Å². The molecule has 0 heterocycles. The van der Waals surface area contributed by atoms with Crippen molar-refractivity contribution >= 4 is 37.1 Å². The molecule has 4 aromatic carbocycles. The molecule has 0 atom stereocenters. The smallest absolute Gasteiger partial charge is 0.190 e. The minimum Gasteiger partial charge on any atom is -0.362 e. The van der Waals surface area contributed by atoms with E-state index in [-0.39, 0.29) is 0 Å². The van der Waals surface area contributed by atoms with Gasteiger partial charge in [0.15, 0.2) is 5.53 Å². The molecule has 0 aliphatic carbocycles. The Labute approximate surface area is 186 Å². The van der Waals surface area contributed by atoms with Crippen LogP contribution in [0.3, 0.4) is 0 Å². The Balaban J connectivity index is 1.65. The first-order chi connectivity index (χ1) is 15.1. The SMILES string of the molecule is OC(O)(CCP(c1ccccc1)c1ccccc1)P(c1ccccc1)c1ccccc1. The molecule has 0 aromatic heterocycles. The van der Waals surface area contributed by atoms with E-state index in [1.54, 1.807) is 0 Å². The van der Waals surface area contributed by atoms with Crippen LogP contribution in [0.2, 0.25) is 0 Å². The van der Waals surface area contributed by atoms with Crippen LogP contribution in [0.15, 0.2) is 121 Å². The van der Waals surface area contributed by atoms with E-state index >= 15 is 0 Å². The van der Waals surface area contributed by atoms with Gasteiger partial charge in [0, 0.05) is 14.3 Å². The quantitative estimate of drug-likeness (QED) is 0.315. The molecule has 0 unspecified atom stereocenters. The maximum absolute atomic E-state index is 11.4. The molecule has 2 N–H and O–H groups in total. The van der Waals surface area contributed by atoms with Crippen molar-refractivity contribution in [2.24, 2.45) is 0 Å². The van der Waals surface area contributed by atoms with Crippen LogP contribution in [0.25, 0.3) is 0 Å². The summed E-state index contributed by atoms with van der Waals surface area (Å²) in [6.45, 7) is 0. The summed E-state index contributed by atoms with van der Waals surface area (Å²) in [5.74, 6) is 0. The summed E-state index contributed by atoms with van der Waals surface area (Å²) in [7, 11) is -2.03. The Kier molecular flexibility index (Phi) is 7.28. The summed E-state index contributed by atoms with van der Waals surface area (Å²) >= 11 is 0. The molecule has 2 nitrogen and oxygen atoms in total. The van der Waals surface area contributed by atoms with Gasteiger partial charge in [-0.1, -0.05) is 121 Å². The molecule has 156 valence electrons. The Hall–Kier alpha value is -2.34. The Morgan fingerprint density at radius 2 is 0.806 bits per heavy atom. The molecule has 0 fully saturated rings. The Morgan fingerprint density at radius 1 is 0.484 bits per heavy atom. The third kappa shape index (κ3) is 5.48. The Morgan fingerprint density at radius 3 is 1.16 bits per heavy atom. The molecule has 0 saturated carbocycles. The van der Waals surface area contributed by atoms with Gasteiger partial charge in [0.25, 0.3) is 0 Å². The van der Waals surface area contributed by atoms with Crippen LogP contribution in [0.1, 0.15) is 6.42 Å². The van der Waals surface area contributed by atoms with Crippen LogP contribution in [-0.4, -0.2) is 21.9 Å². The van der Waals surface area contributed by atoms with Crippen molar-refractivity contribution < 1.29 is 10.2 Å². The van der Waals surface area contributed by atoms with Gasteiger partial charge in [-0.2, -0.15) is 0 Å². The lowest BCUT2D eigenvalue weighted by Gasteiger charge is -2.34. The van der Waals surface area contributed by atoms with Gasteiger partial charge in [0.1, 0.15) is 0 Å². The third-order valence-corrected chi connectivity index (χ3v) is 10.3. The minimum atomic E-state index is -1.80. The average Bonchev–Trinajstić information content (AvgIpc) is 2.82. The summed E-state index contributed by atoms with van der Waals surface area (Å²) in [6, 6.07) is 40.6. The summed E-state index contributed by atoms with van der Waals surface area (Å²) in [6.07, 6.45) is 1.01. The second kappa shape index (κ2) is 10.3. The van der Waals surface area contributed by atoms with Crippen LogP contribution >= 0.6 is 15.8 Å². The van der Waals surface area contributed by atoms with Crippen LogP contribution in [-0.2, 0) is 0 Å². The summed E-state index contributed by atoms with van der Waals surface area (Å²) in [4.78, 5) is 0. The zero-order valence-electron chi connectivity index (χ0n) is 17.3. The highest BCUT2D eigenvalue weighted by atomic mass is 31.1. The van der Waals surface area contributed by atoms with Crippen LogP contribution < -0.4 is 21.2 Å².